The highest BCUT2D eigenvalue weighted by atomic mass is 16.7. The van der Waals surface area contributed by atoms with Crippen LogP contribution in [0.15, 0.2) is 24.3 Å². The predicted molar refractivity (Wildman–Crippen MR) is 70.2 cm³/mol. The monoisotopic (exact) mass is 237 g/mol. The van der Waals surface area contributed by atoms with Gasteiger partial charge < -0.3 is 14.8 Å². The second kappa shape index (κ2) is 7.43. The highest BCUT2D eigenvalue weighted by Crippen LogP contribution is 2.04. The van der Waals surface area contributed by atoms with E-state index in [-0.39, 0.29) is 12.3 Å². The van der Waals surface area contributed by atoms with Gasteiger partial charge in [0.15, 0.2) is 6.29 Å². The van der Waals surface area contributed by atoms with Crippen LogP contribution in [0, 0.1) is 6.92 Å². The summed E-state index contributed by atoms with van der Waals surface area (Å²) in [5.74, 6) is 0. The van der Waals surface area contributed by atoms with Crippen LogP contribution in [0.4, 0.5) is 0 Å². The molecule has 3 nitrogen and oxygen atoms in total. The summed E-state index contributed by atoms with van der Waals surface area (Å²) in [7, 11) is 3.32. The second-order valence-electron chi connectivity index (χ2n) is 4.32. The summed E-state index contributed by atoms with van der Waals surface area (Å²) in [5, 5.41) is 3.40. The average Bonchev–Trinajstić information content (AvgIpc) is 2.30. The molecule has 0 aliphatic carbocycles. The topological polar surface area (TPSA) is 30.5 Å². The first-order chi connectivity index (χ1) is 8.17. The Morgan fingerprint density at radius 2 is 1.94 bits per heavy atom. The lowest BCUT2D eigenvalue weighted by atomic mass is 10.1. The van der Waals surface area contributed by atoms with Crippen molar-refractivity contribution in [1.82, 2.24) is 5.32 Å². The number of ether oxygens (including phenoxy) is 2. The van der Waals surface area contributed by atoms with Crippen molar-refractivity contribution >= 4 is 0 Å². The Morgan fingerprint density at radius 1 is 1.24 bits per heavy atom. The molecule has 1 rings (SSSR count). The molecule has 1 N–H and O–H groups in total. The van der Waals surface area contributed by atoms with Crippen molar-refractivity contribution in [3.63, 3.8) is 0 Å². The SMILES string of the molecule is COC(OC)C(C)NCCc1cccc(C)c1. The van der Waals surface area contributed by atoms with Crippen molar-refractivity contribution in [1.29, 1.82) is 0 Å². The van der Waals surface area contributed by atoms with Crippen molar-refractivity contribution in [3.05, 3.63) is 35.4 Å². The van der Waals surface area contributed by atoms with Crippen molar-refractivity contribution in [2.75, 3.05) is 20.8 Å². The van der Waals surface area contributed by atoms with E-state index < -0.39 is 0 Å². The molecule has 0 bridgehead atoms. The molecule has 17 heavy (non-hydrogen) atoms. The van der Waals surface area contributed by atoms with E-state index in [1.807, 2.05) is 0 Å². The molecule has 1 atom stereocenters. The molecular formula is C14H23NO2. The number of hydrogen-bond acceptors (Lipinski definition) is 3. The average molecular weight is 237 g/mol. The van der Waals surface area contributed by atoms with Crippen molar-refractivity contribution in [2.45, 2.75) is 32.6 Å². The maximum Gasteiger partial charge on any atom is 0.171 e. The summed E-state index contributed by atoms with van der Waals surface area (Å²) in [6.45, 7) is 5.10. The maximum atomic E-state index is 5.20. The lowest BCUT2D eigenvalue weighted by molar-refractivity contribution is -0.119. The second-order valence-corrected chi connectivity index (χ2v) is 4.32. The van der Waals surface area contributed by atoms with Crippen LogP contribution in [0.2, 0.25) is 0 Å². The fourth-order valence-corrected chi connectivity index (χ4v) is 1.91. The largest absolute Gasteiger partial charge is 0.354 e. The third kappa shape index (κ3) is 4.86. The first kappa shape index (κ1) is 14.2. The van der Waals surface area contributed by atoms with Crippen LogP contribution in [0.1, 0.15) is 18.1 Å². The fourth-order valence-electron chi connectivity index (χ4n) is 1.91. The zero-order valence-electron chi connectivity index (χ0n) is 11.2. The van der Waals surface area contributed by atoms with Gasteiger partial charge in [-0.05, 0) is 32.4 Å². The zero-order valence-corrected chi connectivity index (χ0v) is 11.2. The molecule has 1 unspecified atom stereocenters. The normalized spacial score (nSPS) is 13.0. The Hall–Kier alpha value is -0.900. The van der Waals surface area contributed by atoms with Gasteiger partial charge in [0.2, 0.25) is 0 Å². The predicted octanol–water partition coefficient (Wildman–Crippen LogP) is 2.13. The number of benzene rings is 1. The van der Waals surface area contributed by atoms with Crippen LogP contribution in [-0.2, 0) is 15.9 Å². The molecule has 0 saturated carbocycles. The van der Waals surface area contributed by atoms with Crippen molar-refractivity contribution < 1.29 is 9.47 Å². The van der Waals surface area contributed by atoms with Crippen LogP contribution >= 0.6 is 0 Å². The lowest BCUT2D eigenvalue weighted by Gasteiger charge is -2.22. The van der Waals surface area contributed by atoms with Gasteiger partial charge in [-0.25, -0.2) is 0 Å². The zero-order chi connectivity index (χ0) is 12.7. The molecule has 0 spiro atoms. The number of aryl methyl sites for hydroxylation is 1. The lowest BCUT2D eigenvalue weighted by Crippen LogP contribution is -2.40. The van der Waals surface area contributed by atoms with Gasteiger partial charge in [0.05, 0.1) is 6.04 Å². The van der Waals surface area contributed by atoms with Crippen LogP contribution in [0.3, 0.4) is 0 Å². The van der Waals surface area contributed by atoms with Gasteiger partial charge in [-0.2, -0.15) is 0 Å². The minimum Gasteiger partial charge on any atom is -0.354 e. The van der Waals surface area contributed by atoms with Gasteiger partial charge in [0.25, 0.3) is 0 Å². The Bertz CT molecular complexity index is 324. The van der Waals surface area contributed by atoms with Gasteiger partial charge in [0, 0.05) is 14.2 Å². The molecule has 3 heteroatoms. The highest BCUT2D eigenvalue weighted by molar-refractivity contribution is 5.22. The van der Waals surface area contributed by atoms with Crippen LogP contribution in [0.5, 0.6) is 0 Å². The standard InChI is InChI=1S/C14H23NO2/c1-11-6-5-7-13(10-11)8-9-15-12(2)14(16-3)17-4/h5-7,10,12,14-15H,8-9H2,1-4H3. The quantitative estimate of drug-likeness (QED) is 0.737. The van der Waals surface area contributed by atoms with E-state index in [4.69, 9.17) is 9.47 Å². The summed E-state index contributed by atoms with van der Waals surface area (Å²) in [6.07, 6.45) is 0.833. The first-order valence-electron chi connectivity index (χ1n) is 6.02. The maximum absolute atomic E-state index is 5.20. The molecule has 1 aromatic carbocycles. The molecule has 0 aliphatic rings. The number of rotatable bonds is 7. The summed E-state index contributed by atoms with van der Waals surface area (Å²) >= 11 is 0. The van der Waals surface area contributed by atoms with Gasteiger partial charge in [-0.1, -0.05) is 29.8 Å². The molecule has 1 aromatic rings. The molecule has 0 radical (unpaired) electrons. The summed E-state index contributed by atoms with van der Waals surface area (Å²) in [4.78, 5) is 0. The molecule has 0 heterocycles. The number of methoxy groups -OCH3 is 2. The molecular weight excluding hydrogens is 214 g/mol. The Labute approximate surface area is 104 Å². The molecule has 0 amide bonds. The van der Waals surface area contributed by atoms with Gasteiger partial charge in [0.1, 0.15) is 0 Å². The minimum absolute atomic E-state index is 0.187. The summed E-state index contributed by atoms with van der Waals surface area (Å²) in [6, 6.07) is 8.78. The minimum atomic E-state index is -0.187. The van der Waals surface area contributed by atoms with E-state index >= 15 is 0 Å². The van der Waals surface area contributed by atoms with Crippen molar-refractivity contribution in [3.8, 4) is 0 Å². The van der Waals surface area contributed by atoms with E-state index in [0.717, 1.165) is 13.0 Å². The highest BCUT2D eigenvalue weighted by Gasteiger charge is 2.14. The van der Waals surface area contributed by atoms with Gasteiger partial charge in [-0.15, -0.1) is 0 Å². The number of hydrogen-bond donors (Lipinski definition) is 1. The Kier molecular flexibility index (Phi) is 6.19. The van der Waals surface area contributed by atoms with Crippen molar-refractivity contribution in [2.24, 2.45) is 0 Å². The molecule has 0 fully saturated rings. The Morgan fingerprint density at radius 3 is 2.53 bits per heavy atom. The van der Waals surface area contributed by atoms with Crippen LogP contribution < -0.4 is 5.32 Å². The third-order valence-corrected chi connectivity index (χ3v) is 2.84. The first-order valence-corrected chi connectivity index (χ1v) is 6.02. The molecule has 0 aliphatic heterocycles. The summed E-state index contributed by atoms with van der Waals surface area (Å²) < 4.78 is 10.4. The van der Waals surface area contributed by atoms with E-state index in [0.29, 0.717) is 0 Å². The molecule has 0 saturated heterocycles. The molecule has 0 aromatic heterocycles. The number of nitrogens with one attached hydrogen (secondary N) is 1. The van der Waals surface area contributed by atoms with Gasteiger partial charge >= 0.3 is 0 Å². The van der Waals surface area contributed by atoms with E-state index in [9.17, 15) is 0 Å². The third-order valence-electron chi connectivity index (χ3n) is 2.84. The van der Waals surface area contributed by atoms with Crippen LogP contribution in [0.25, 0.3) is 0 Å². The molecule has 96 valence electrons. The van der Waals surface area contributed by atoms with E-state index in [2.05, 4.69) is 43.4 Å². The Balaban J connectivity index is 2.32. The van der Waals surface area contributed by atoms with E-state index in [1.54, 1.807) is 14.2 Å². The fraction of sp³-hybridized carbons (Fsp3) is 0.571. The smallest absolute Gasteiger partial charge is 0.171 e. The van der Waals surface area contributed by atoms with E-state index in [1.165, 1.54) is 11.1 Å². The van der Waals surface area contributed by atoms with Crippen LogP contribution in [-0.4, -0.2) is 33.1 Å². The van der Waals surface area contributed by atoms with Gasteiger partial charge in [-0.3, -0.25) is 0 Å². The summed E-state index contributed by atoms with van der Waals surface area (Å²) in [5.41, 5.74) is 2.67.